The number of carbonyl (C=O) groups excluding carboxylic acids is 3. The number of esters is 1. The lowest BCUT2D eigenvalue weighted by atomic mass is 9.95. The minimum absolute atomic E-state index is 0.240. The zero-order chi connectivity index (χ0) is 18.6. The molecular formula is C18H21NO6. The molecule has 0 aromatic heterocycles. The zero-order valence-electron chi connectivity index (χ0n) is 14.4. The van der Waals surface area contributed by atoms with Crippen LogP contribution in [0.15, 0.2) is 29.8 Å². The van der Waals surface area contributed by atoms with Crippen LogP contribution in [0.1, 0.15) is 25.8 Å². The molecule has 0 saturated heterocycles. The molecule has 0 unspecified atom stereocenters. The summed E-state index contributed by atoms with van der Waals surface area (Å²) in [5, 5.41) is 11.8. The van der Waals surface area contributed by atoms with Crippen LogP contribution in [0, 0.1) is 5.92 Å². The van der Waals surface area contributed by atoms with Gasteiger partial charge in [-0.2, -0.15) is 0 Å². The van der Waals surface area contributed by atoms with Gasteiger partial charge in [-0.1, -0.05) is 26.0 Å². The van der Waals surface area contributed by atoms with Gasteiger partial charge in [0, 0.05) is 5.57 Å². The van der Waals surface area contributed by atoms with Crippen LogP contribution < -0.4 is 10.1 Å². The number of hydrogen-bond acceptors (Lipinski definition) is 6. The molecule has 2 amide bonds. The van der Waals surface area contributed by atoms with Gasteiger partial charge in [0.15, 0.2) is 6.10 Å². The Kier molecular flexibility index (Phi) is 5.93. The highest BCUT2D eigenvalue weighted by Crippen LogP contribution is 2.29. The third kappa shape index (κ3) is 4.45. The largest absolute Gasteiger partial charge is 0.490 e. The van der Waals surface area contributed by atoms with E-state index in [-0.39, 0.29) is 18.4 Å². The van der Waals surface area contributed by atoms with Crippen LogP contribution in [-0.4, -0.2) is 42.7 Å². The number of methoxy groups -OCH3 is 1. The Morgan fingerprint density at radius 2 is 1.80 bits per heavy atom. The number of aliphatic hydroxyl groups excluding tert-OH is 1. The fourth-order valence-corrected chi connectivity index (χ4v) is 2.50. The van der Waals surface area contributed by atoms with Crippen LogP contribution >= 0.6 is 0 Å². The zero-order valence-corrected chi connectivity index (χ0v) is 14.4. The van der Waals surface area contributed by atoms with Crippen molar-refractivity contribution in [3.8, 4) is 5.75 Å². The number of ether oxygens (including phenoxy) is 2. The van der Waals surface area contributed by atoms with E-state index in [0.29, 0.717) is 28.9 Å². The van der Waals surface area contributed by atoms with Crippen molar-refractivity contribution < 1.29 is 29.0 Å². The van der Waals surface area contributed by atoms with Crippen molar-refractivity contribution in [3.05, 3.63) is 35.4 Å². The third-order valence-corrected chi connectivity index (χ3v) is 3.67. The predicted molar refractivity (Wildman–Crippen MR) is 89.5 cm³/mol. The molecule has 0 aliphatic carbocycles. The van der Waals surface area contributed by atoms with Crippen LogP contribution in [-0.2, 0) is 19.1 Å². The average Bonchev–Trinajstić information content (AvgIpc) is 2.85. The standard InChI is InChI=1S/C18H21NO6/c1-10(2)8-13-15(17(22)19-16(13)21)11-4-6-12(7-5-11)25-9-14(20)18(23)24-3/h4-7,10,14,20H,8-9H2,1-3H3,(H,19,21,22)/t14-/m0/s1. The van der Waals surface area contributed by atoms with Gasteiger partial charge in [0.1, 0.15) is 12.4 Å². The van der Waals surface area contributed by atoms with Crippen LogP contribution in [0.5, 0.6) is 5.75 Å². The van der Waals surface area contributed by atoms with Crippen molar-refractivity contribution in [2.24, 2.45) is 5.92 Å². The summed E-state index contributed by atoms with van der Waals surface area (Å²) < 4.78 is 9.71. The maximum Gasteiger partial charge on any atom is 0.338 e. The lowest BCUT2D eigenvalue weighted by molar-refractivity contribution is -0.151. The van der Waals surface area contributed by atoms with E-state index in [2.05, 4.69) is 10.1 Å². The summed E-state index contributed by atoms with van der Waals surface area (Å²) in [4.78, 5) is 35.2. The monoisotopic (exact) mass is 347 g/mol. The molecule has 0 spiro atoms. The van der Waals surface area contributed by atoms with E-state index in [1.165, 1.54) is 7.11 Å². The maximum atomic E-state index is 12.1. The molecule has 2 N–H and O–H groups in total. The minimum atomic E-state index is -1.37. The summed E-state index contributed by atoms with van der Waals surface area (Å²) in [5.41, 5.74) is 1.47. The molecule has 0 bridgehead atoms. The second kappa shape index (κ2) is 7.94. The molecule has 1 aromatic rings. The van der Waals surface area contributed by atoms with E-state index >= 15 is 0 Å². The summed E-state index contributed by atoms with van der Waals surface area (Å²) in [6, 6.07) is 6.53. The van der Waals surface area contributed by atoms with Gasteiger partial charge in [0.2, 0.25) is 0 Å². The molecule has 0 saturated carbocycles. The molecule has 134 valence electrons. The van der Waals surface area contributed by atoms with Crippen molar-refractivity contribution >= 4 is 23.4 Å². The molecule has 1 aromatic carbocycles. The highest BCUT2D eigenvalue weighted by Gasteiger charge is 2.31. The minimum Gasteiger partial charge on any atom is -0.490 e. The van der Waals surface area contributed by atoms with Gasteiger partial charge in [-0.05, 0) is 30.0 Å². The molecule has 1 atom stereocenters. The van der Waals surface area contributed by atoms with Gasteiger partial charge in [0.05, 0.1) is 12.7 Å². The summed E-state index contributed by atoms with van der Waals surface area (Å²) in [5.74, 6) is -0.876. The van der Waals surface area contributed by atoms with Gasteiger partial charge >= 0.3 is 5.97 Å². The SMILES string of the molecule is COC(=O)[C@@H](O)COc1ccc(C2=C(CC(C)C)C(=O)NC2=O)cc1. The molecule has 1 aliphatic rings. The highest BCUT2D eigenvalue weighted by atomic mass is 16.5. The van der Waals surface area contributed by atoms with Gasteiger partial charge in [-0.3, -0.25) is 14.9 Å². The smallest absolute Gasteiger partial charge is 0.338 e. The Morgan fingerprint density at radius 3 is 2.36 bits per heavy atom. The van der Waals surface area contributed by atoms with Crippen LogP contribution in [0.25, 0.3) is 5.57 Å². The normalized spacial score (nSPS) is 15.4. The first kappa shape index (κ1) is 18.7. The fraction of sp³-hybridized carbons (Fsp3) is 0.389. The van der Waals surface area contributed by atoms with E-state index in [4.69, 9.17) is 4.74 Å². The molecule has 0 radical (unpaired) electrons. The Balaban J connectivity index is 2.15. The number of carbonyl (C=O) groups is 3. The first-order chi connectivity index (χ1) is 11.8. The number of amides is 2. The summed E-state index contributed by atoms with van der Waals surface area (Å²) in [6.45, 7) is 3.71. The predicted octanol–water partition coefficient (Wildman–Crippen LogP) is 1.06. The molecule has 7 nitrogen and oxygen atoms in total. The average molecular weight is 347 g/mol. The second-order valence-corrected chi connectivity index (χ2v) is 6.11. The lowest BCUT2D eigenvalue weighted by Crippen LogP contribution is -2.28. The molecule has 1 heterocycles. The maximum absolute atomic E-state index is 12.1. The lowest BCUT2D eigenvalue weighted by Gasteiger charge is -2.11. The van der Waals surface area contributed by atoms with Crippen molar-refractivity contribution in [2.45, 2.75) is 26.4 Å². The van der Waals surface area contributed by atoms with E-state index in [1.807, 2.05) is 13.8 Å². The van der Waals surface area contributed by atoms with Crippen LogP contribution in [0.4, 0.5) is 0 Å². The molecule has 0 fully saturated rings. The van der Waals surface area contributed by atoms with E-state index in [9.17, 15) is 19.5 Å². The number of imide groups is 1. The van der Waals surface area contributed by atoms with E-state index in [0.717, 1.165) is 0 Å². The van der Waals surface area contributed by atoms with Crippen LogP contribution in [0.3, 0.4) is 0 Å². The van der Waals surface area contributed by atoms with Crippen LogP contribution in [0.2, 0.25) is 0 Å². The van der Waals surface area contributed by atoms with Gasteiger partial charge < -0.3 is 14.6 Å². The Labute approximate surface area is 145 Å². The molecular weight excluding hydrogens is 326 g/mol. The number of aliphatic hydroxyl groups is 1. The van der Waals surface area contributed by atoms with Crippen molar-refractivity contribution in [1.29, 1.82) is 0 Å². The first-order valence-corrected chi connectivity index (χ1v) is 7.91. The molecule has 25 heavy (non-hydrogen) atoms. The summed E-state index contributed by atoms with van der Waals surface area (Å²) >= 11 is 0. The number of nitrogens with one attached hydrogen (secondary N) is 1. The fourth-order valence-electron chi connectivity index (χ4n) is 2.50. The van der Waals surface area contributed by atoms with Crippen molar-refractivity contribution in [2.75, 3.05) is 13.7 Å². The Morgan fingerprint density at radius 1 is 1.16 bits per heavy atom. The van der Waals surface area contributed by atoms with Gasteiger partial charge in [0.25, 0.3) is 11.8 Å². The summed E-state index contributed by atoms with van der Waals surface area (Å²) in [6.07, 6.45) is -0.862. The highest BCUT2D eigenvalue weighted by molar-refractivity contribution is 6.35. The van der Waals surface area contributed by atoms with E-state index in [1.54, 1.807) is 24.3 Å². The first-order valence-electron chi connectivity index (χ1n) is 7.91. The molecule has 2 rings (SSSR count). The topological polar surface area (TPSA) is 102 Å². The van der Waals surface area contributed by atoms with E-state index < -0.39 is 18.0 Å². The number of rotatable bonds is 7. The number of hydrogen-bond donors (Lipinski definition) is 2. The second-order valence-electron chi connectivity index (χ2n) is 6.11. The third-order valence-electron chi connectivity index (χ3n) is 3.67. The van der Waals surface area contributed by atoms with Gasteiger partial charge in [-0.25, -0.2) is 4.79 Å². The number of benzene rings is 1. The van der Waals surface area contributed by atoms with Crippen molar-refractivity contribution in [1.82, 2.24) is 5.32 Å². The molecule has 1 aliphatic heterocycles. The Bertz CT molecular complexity index is 705. The van der Waals surface area contributed by atoms with Gasteiger partial charge in [-0.15, -0.1) is 0 Å². The Hall–Kier alpha value is -2.67. The quantitative estimate of drug-likeness (QED) is 0.565. The molecule has 7 heteroatoms. The summed E-state index contributed by atoms with van der Waals surface area (Å²) in [7, 11) is 1.18. The van der Waals surface area contributed by atoms with Crippen molar-refractivity contribution in [3.63, 3.8) is 0 Å².